The molecule has 7 fully saturated rings. The molecule has 0 aromatic heterocycles. The fourth-order valence-electron chi connectivity index (χ4n) is 11.0. The molecule has 0 aliphatic carbocycles. The molecule has 0 spiro atoms. The Kier molecular flexibility index (Phi) is 24.3. The van der Waals surface area contributed by atoms with Crippen LogP contribution in [0.2, 0.25) is 0 Å². The summed E-state index contributed by atoms with van der Waals surface area (Å²) in [4.78, 5) is 26.2. The van der Waals surface area contributed by atoms with Crippen LogP contribution in [0.4, 0.5) is 0 Å². The quantitative estimate of drug-likeness (QED) is 0.0538. The number of aliphatic hydroxyl groups excluding tert-OH is 17. The molecule has 7 saturated heterocycles. The number of ether oxygens (including phenoxy) is 14. The summed E-state index contributed by atoms with van der Waals surface area (Å²) in [6.45, 7) is 5.21. The van der Waals surface area contributed by atoms with Gasteiger partial charge in [0.2, 0.25) is 11.8 Å². The van der Waals surface area contributed by atoms with E-state index in [-0.39, 0.29) is 0 Å². The molecular formula is C49H84N2O33. The summed E-state index contributed by atoms with van der Waals surface area (Å²) >= 11 is 0. The molecule has 7 rings (SSSR count). The Morgan fingerprint density at radius 1 is 0.345 bits per heavy atom. The van der Waals surface area contributed by atoms with Gasteiger partial charge < -0.3 is 164 Å². The van der Waals surface area contributed by atoms with Crippen molar-refractivity contribution in [3.8, 4) is 0 Å². The summed E-state index contributed by atoms with van der Waals surface area (Å²) in [7, 11) is 0. The van der Waals surface area contributed by atoms with Gasteiger partial charge in [-0.2, -0.15) is 0 Å². The Labute approximate surface area is 480 Å². The molecular weight excluding hydrogens is 1140 g/mol. The minimum absolute atomic E-state index is 0.616. The van der Waals surface area contributed by atoms with Gasteiger partial charge in [-0.1, -0.05) is 0 Å². The molecule has 35 heteroatoms. The van der Waals surface area contributed by atoms with Gasteiger partial charge in [0.15, 0.2) is 44.0 Å². The van der Waals surface area contributed by atoms with E-state index in [1.54, 1.807) is 13.8 Å². The molecule has 0 aromatic carbocycles. The second kappa shape index (κ2) is 29.6. The van der Waals surface area contributed by atoms with Gasteiger partial charge in [-0.3, -0.25) is 9.59 Å². The molecule has 84 heavy (non-hydrogen) atoms. The predicted molar refractivity (Wildman–Crippen MR) is 265 cm³/mol. The molecule has 7 aliphatic rings. The number of carbonyl (C=O) groups excluding carboxylic acids is 2. The summed E-state index contributed by atoms with van der Waals surface area (Å²) in [5.74, 6) is -1.61. The van der Waals surface area contributed by atoms with E-state index in [4.69, 9.17) is 66.3 Å². The molecule has 488 valence electrons. The van der Waals surface area contributed by atoms with Crippen molar-refractivity contribution >= 4 is 11.8 Å². The van der Waals surface area contributed by atoms with E-state index in [0.29, 0.717) is 0 Å². The molecule has 0 bridgehead atoms. The van der Waals surface area contributed by atoms with Crippen molar-refractivity contribution in [3.63, 3.8) is 0 Å². The molecule has 0 aromatic rings. The zero-order chi connectivity index (χ0) is 62.1. The van der Waals surface area contributed by atoms with E-state index in [0.717, 1.165) is 13.8 Å². The van der Waals surface area contributed by atoms with Crippen LogP contribution in [0.15, 0.2) is 0 Å². The lowest BCUT2D eigenvalue weighted by atomic mass is 9.93. The third-order valence-electron chi connectivity index (χ3n) is 15.6. The van der Waals surface area contributed by atoms with Gasteiger partial charge in [-0.05, 0) is 34.6 Å². The van der Waals surface area contributed by atoms with Crippen molar-refractivity contribution in [2.75, 3.05) is 26.4 Å². The smallest absolute Gasteiger partial charge is 0.217 e. The summed E-state index contributed by atoms with van der Waals surface area (Å²) < 4.78 is 84.5. The van der Waals surface area contributed by atoms with Crippen molar-refractivity contribution in [2.24, 2.45) is 0 Å². The number of aliphatic hydroxyl groups is 17. The minimum atomic E-state index is -2.28. The molecule has 0 saturated carbocycles. The number of rotatable bonds is 20. The first-order valence-electron chi connectivity index (χ1n) is 27.6. The maximum atomic E-state index is 13.3. The van der Waals surface area contributed by atoms with Crippen molar-refractivity contribution < 1.29 is 163 Å². The Morgan fingerprint density at radius 3 is 1.07 bits per heavy atom. The van der Waals surface area contributed by atoms with Crippen LogP contribution in [0.25, 0.3) is 0 Å². The largest absolute Gasteiger partial charge is 0.394 e. The van der Waals surface area contributed by atoms with E-state index in [1.807, 2.05) is 0 Å². The van der Waals surface area contributed by atoms with Crippen molar-refractivity contribution in [3.05, 3.63) is 0 Å². The second-order valence-corrected chi connectivity index (χ2v) is 22.2. The van der Waals surface area contributed by atoms with Crippen molar-refractivity contribution in [2.45, 2.75) is 269 Å². The lowest BCUT2D eigenvalue weighted by Crippen LogP contribution is -2.72. The summed E-state index contributed by atoms with van der Waals surface area (Å²) in [6, 6.07) is -3.35. The number of nitrogens with one attached hydrogen (secondary N) is 2. The van der Waals surface area contributed by atoms with Crippen LogP contribution in [0.5, 0.6) is 0 Å². The Morgan fingerprint density at radius 2 is 0.667 bits per heavy atom. The van der Waals surface area contributed by atoms with E-state index >= 15 is 0 Å². The molecule has 16 unspecified atom stereocenters. The number of hydrogen-bond donors (Lipinski definition) is 19. The number of hydrogen-bond acceptors (Lipinski definition) is 33. The molecule has 35 atom stereocenters. The van der Waals surface area contributed by atoms with Crippen LogP contribution in [-0.2, 0) is 75.9 Å². The van der Waals surface area contributed by atoms with E-state index in [2.05, 4.69) is 10.6 Å². The summed E-state index contributed by atoms with van der Waals surface area (Å²) in [5.41, 5.74) is 0. The third-order valence-corrected chi connectivity index (χ3v) is 15.6. The number of amides is 2. The topological polar surface area (TPSA) is 531 Å². The van der Waals surface area contributed by atoms with Crippen molar-refractivity contribution in [1.29, 1.82) is 0 Å². The lowest BCUT2D eigenvalue weighted by Gasteiger charge is -2.52. The zero-order valence-electron chi connectivity index (χ0n) is 46.7. The molecule has 2 amide bonds. The second-order valence-electron chi connectivity index (χ2n) is 22.2. The van der Waals surface area contributed by atoms with Crippen LogP contribution in [0, 0.1) is 0 Å². The SMILES string of the molecule is CC(=O)NC1[C@H](OC(C)C)OC(CO)[C@@H](O[C@@H]2OC(CO)[C@H](O)C(O[C@@H]3OC(CO)[C@@H](O[C@@H]4OC(CO)[C@H](O)C(O)C4O[C@@H]4O[C@@H](C)[C@@H](O)C(O)C4O)[C@H](O[C@@H]4OC(C)[C@@H](O)[C@H](O)C4O)C3NC(C)=O)C2O)[C@@H]1O[C@@H]1OC(C)[C@@H](O)[C@H](O)C1O. The van der Waals surface area contributed by atoms with Gasteiger partial charge in [0.05, 0.1) is 50.8 Å². The average molecular weight is 1230 g/mol. The fraction of sp³-hybridized carbons (Fsp3) is 0.959. The zero-order valence-corrected chi connectivity index (χ0v) is 46.7. The maximum absolute atomic E-state index is 13.3. The fourth-order valence-corrected chi connectivity index (χ4v) is 11.0. The van der Waals surface area contributed by atoms with Gasteiger partial charge in [0.1, 0.15) is 152 Å². The van der Waals surface area contributed by atoms with E-state index < -0.39 is 259 Å². The molecule has 35 nitrogen and oxygen atoms in total. The minimum Gasteiger partial charge on any atom is -0.394 e. The summed E-state index contributed by atoms with van der Waals surface area (Å²) in [6.07, 6.45) is -61.3. The van der Waals surface area contributed by atoms with Gasteiger partial charge in [0.25, 0.3) is 0 Å². The first-order chi connectivity index (χ1) is 39.6. The average Bonchev–Trinajstić information content (AvgIpc) is 1.72. The third kappa shape index (κ3) is 15.0. The van der Waals surface area contributed by atoms with E-state index in [9.17, 15) is 96.4 Å². The lowest BCUT2D eigenvalue weighted by molar-refractivity contribution is -0.402. The van der Waals surface area contributed by atoms with Crippen LogP contribution in [0.1, 0.15) is 48.5 Å². The first kappa shape index (κ1) is 69.2. The maximum Gasteiger partial charge on any atom is 0.217 e. The van der Waals surface area contributed by atoms with E-state index in [1.165, 1.54) is 20.8 Å². The van der Waals surface area contributed by atoms with Gasteiger partial charge in [-0.25, -0.2) is 0 Å². The molecule has 7 aliphatic heterocycles. The molecule has 7 heterocycles. The highest BCUT2D eigenvalue weighted by Crippen LogP contribution is 2.39. The van der Waals surface area contributed by atoms with Crippen molar-refractivity contribution in [1.82, 2.24) is 10.6 Å². The Bertz CT molecular complexity index is 2080. The molecule has 0 radical (unpaired) electrons. The monoisotopic (exact) mass is 1230 g/mol. The highest BCUT2D eigenvalue weighted by molar-refractivity contribution is 5.73. The summed E-state index contributed by atoms with van der Waals surface area (Å²) in [5, 5.41) is 192. The highest BCUT2D eigenvalue weighted by Gasteiger charge is 2.60. The van der Waals surface area contributed by atoms with Crippen LogP contribution in [-0.4, -0.2) is 346 Å². The van der Waals surface area contributed by atoms with Crippen LogP contribution < -0.4 is 10.6 Å². The van der Waals surface area contributed by atoms with Gasteiger partial charge in [0, 0.05) is 13.8 Å². The standard InChI is InChI=1S/C49H84N2O33/c1-12(2)71-43-22(50-16(6)56)39(81-45-33(67)29(63)24(58)13(3)72-45)37(20(10-54)77-43)79-48-36(70)41(28(62)19(9-53)75-48)83-44-23(51-17(7)57)40(82-46-34(68)30(64)25(59)14(4)73-46)38(21(11-55)78-44)80-49-42(32(66)27(61)18(8-52)76-49)84-47-35(69)31(65)26(60)15(5)74-47/h12-15,18-49,52-55,58-70H,8-11H2,1-7H3,(H,50,56)(H,51,57)/t13?,14?,15-,18?,19?,20?,21?,22?,23?,24+,25+,26+,27-,28-,29-,30-,31?,32?,33?,34?,35?,36?,37+,38+,39+,40+,41?,42?,43+,44-,45-,46-,47-,48-,49-/m0/s1. The highest BCUT2D eigenvalue weighted by atomic mass is 16.8. The first-order valence-corrected chi connectivity index (χ1v) is 27.6. The van der Waals surface area contributed by atoms with Gasteiger partial charge in [-0.15, -0.1) is 0 Å². The molecule has 19 N–H and O–H groups in total. The van der Waals surface area contributed by atoms with Gasteiger partial charge >= 0.3 is 0 Å². The normalized spacial score (nSPS) is 50.4. The Balaban J connectivity index is 1.26. The Hall–Kier alpha value is -2.30. The van der Waals surface area contributed by atoms with Crippen LogP contribution in [0.3, 0.4) is 0 Å². The van der Waals surface area contributed by atoms with Crippen LogP contribution >= 0.6 is 0 Å². The predicted octanol–water partition coefficient (Wildman–Crippen LogP) is -11.5. The number of carbonyl (C=O) groups is 2.